The van der Waals surface area contributed by atoms with E-state index in [1.54, 1.807) is 48.5 Å². The Balaban J connectivity index is 1.59. The number of ether oxygens (including phenoxy) is 1. The Hall–Kier alpha value is -2.42. The summed E-state index contributed by atoms with van der Waals surface area (Å²) in [6, 6.07) is 13.2. The number of benzene rings is 2. The number of nitrogens with zero attached hydrogens (tertiary/aromatic N) is 2. The SMILES string of the molecule is COc1ccc(S(=O)(=O)N2CCN(Cc3ccc(C(=O)O)cc3)CC2)cc1. The standard InChI is InChI=1S/C19H22N2O5S/c1-26-17-6-8-18(9-7-17)27(24,25)21-12-10-20(11-13-21)14-15-2-4-16(5-3-15)19(22)23/h2-9H,10-14H2,1H3,(H,22,23). The first kappa shape index (κ1) is 19.3. The highest BCUT2D eigenvalue weighted by Gasteiger charge is 2.28. The highest BCUT2D eigenvalue weighted by atomic mass is 32.2. The fourth-order valence-electron chi connectivity index (χ4n) is 3.04. The van der Waals surface area contributed by atoms with Gasteiger partial charge in [-0.25, -0.2) is 13.2 Å². The van der Waals surface area contributed by atoms with Crippen molar-refractivity contribution in [3.05, 3.63) is 59.7 Å². The Morgan fingerprint density at radius 2 is 1.59 bits per heavy atom. The zero-order valence-electron chi connectivity index (χ0n) is 15.0. The van der Waals surface area contributed by atoms with Crippen LogP contribution in [0, 0.1) is 0 Å². The fourth-order valence-corrected chi connectivity index (χ4v) is 4.46. The summed E-state index contributed by atoms with van der Waals surface area (Å²) < 4.78 is 32.1. The third-order valence-electron chi connectivity index (χ3n) is 4.64. The molecule has 2 aromatic rings. The molecule has 2 aromatic carbocycles. The Morgan fingerprint density at radius 3 is 2.11 bits per heavy atom. The molecule has 27 heavy (non-hydrogen) atoms. The number of methoxy groups -OCH3 is 1. The van der Waals surface area contributed by atoms with Gasteiger partial charge in [0.05, 0.1) is 17.6 Å². The summed E-state index contributed by atoms with van der Waals surface area (Å²) in [5.74, 6) is -0.327. The van der Waals surface area contributed by atoms with Gasteiger partial charge < -0.3 is 9.84 Å². The molecule has 0 spiro atoms. The number of aromatic carboxylic acids is 1. The summed E-state index contributed by atoms with van der Waals surface area (Å²) in [4.78, 5) is 13.3. The Kier molecular flexibility index (Phi) is 5.79. The molecule has 1 heterocycles. The van der Waals surface area contributed by atoms with E-state index in [0.29, 0.717) is 38.5 Å². The lowest BCUT2D eigenvalue weighted by Crippen LogP contribution is -2.48. The van der Waals surface area contributed by atoms with E-state index in [4.69, 9.17) is 9.84 Å². The van der Waals surface area contributed by atoms with Crippen LogP contribution in [0.1, 0.15) is 15.9 Å². The molecule has 7 nitrogen and oxygen atoms in total. The van der Waals surface area contributed by atoms with Crippen molar-refractivity contribution in [2.24, 2.45) is 0 Å². The van der Waals surface area contributed by atoms with Gasteiger partial charge in [0.1, 0.15) is 5.75 Å². The third kappa shape index (κ3) is 4.47. The van der Waals surface area contributed by atoms with E-state index in [9.17, 15) is 13.2 Å². The molecule has 1 aliphatic rings. The number of carbonyl (C=O) groups is 1. The van der Waals surface area contributed by atoms with Gasteiger partial charge in [0.25, 0.3) is 0 Å². The number of sulfonamides is 1. The molecule has 0 atom stereocenters. The number of piperazine rings is 1. The smallest absolute Gasteiger partial charge is 0.335 e. The molecule has 8 heteroatoms. The predicted molar refractivity (Wildman–Crippen MR) is 100 cm³/mol. The van der Waals surface area contributed by atoms with E-state index in [-0.39, 0.29) is 10.5 Å². The second kappa shape index (κ2) is 8.08. The van der Waals surface area contributed by atoms with E-state index < -0.39 is 16.0 Å². The molecule has 0 aromatic heterocycles. The van der Waals surface area contributed by atoms with Crippen molar-refractivity contribution in [3.63, 3.8) is 0 Å². The molecule has 0 radical (unpaired) electrons. The third-order valence-corrected chi connectivity index (χ3v) is 6.55. The van der Waals surface area contributed by atoms with Gasteiger partial charge in [0.15, 0.2) is 0 Å². The Labute approximate surface area is 158 Å². The lowest BCUT2D eigenvalue weighted by atomic mass is 10.1. The molecule has 0 unspecified atom stereocenters. The average Bonchev–Trinajstić information content (AvgIpc) is 2.69. The number of rotatable bonds is 6. The van der Waals surface area contributed by atoms with Crippen LogP contribution in [0.25, 0.3) is 0 Å². The molecule has 1 saturated heterocycles. The van der Waals surface area contributed by atoms with Gasteiger partial charge in [-0.2, -0.15) is 4.31 Å². The highest BCUT2D eigenvalue weighted by Crippen LogP contribution is 2.21. The summed E-state index contributed by atoms with van der Waals surface area (Å²) >= 11 is 0. The zero-order chi connectivity index (χ0) is 19.4. The van der Waals surface area contributed by atoms with Crippen LogP contribution in [0.2, 0.25) is 0 Å². The largest absolute Gasteiger partial charge is 0.497 e. The summed E-state index contributed by atoms with van der Waals surface area (Å²) in [6.45, 7) is 2.74. The summed E-state index contributed by atoms with van der Waals surface area (Å²) in [6.07, 6.45) is 0. The minimum absolute atomic E-state index is 0.258. The normalized spacial score (nSPS) is 16.2. The molecule has 3 rings (SSSR count). The molecular formula is C19H22N2O5S. The van der Waals surface area contributed by atoms with Crippen LogP contribution < -0.4 is 4.74 Å². The summed E-state index contributed by atoms with van der Waals surface area (Å²) in [5, 5.41) is 8.95. The number of hydrogen-bond acceptors (Lipinski definition) is 5. The summed E-state index contributed by atoms with van der Waals surface area (Å²) in [7, 11) is -1.97. The van der Waals surface area contributed by atoms with Gasteiger partial charge in [0, 0.05) is 32.7 Å². The first-order chi connectivity index (χ1) is 12.9. The van der Waals surface area contributed by atoms with Gasteiger partial charge in [0.2, 0.25) is 10.0 Å². The van der Waals surface area contributed by atoms with E-state index in [1.165, 1.54) is 11.4 Å². The van der Waals surface area contributed by atoms with Gasteiger partial charge >= 0.3 is 5.97 Å². The Bertz CT molecular complexity index is 887. The minimum atomic E-state index is -3.51. The minimum Gasteiger partial charge on any atom is -0.497 e. The number of carboxylic acid groups (broad SMARTS) is 1. The van der Waals surface area contributed by atoms with Crippen LogP contribution in [-0.2, 0) is 16.6 Å². The summed E-state index contributed by atoms with van der Waals surface area (Å²) in [5.41, 5.74) is 1.26. The predicted octanol–water partition coefficient (Wildman–Crippen LogP) is 1.90. The molecule has 0 saturated carbocycles. The lowest BCUT2D eigenvalue weighted by molar-refractivity contribution is 0.0697. The first-order valence-electron chi connectivity index (χ1n) is 8.59. The van der Waals surface area contributed by atoms with Crippen molar-refractivity contribution in [3.8, 4) is 5.75 Å². The lowest BCUT2D eigenvalue weighted by Gasteiger charge is -2.34. The van der Waals surface area contributed by atoms with E-state index in [1.807, 2.05) is 0 Å². The van der Waals surface area contributed by atoms with Gasteiger partial charge in [-0.15, -0.1) is 0 Å². The van der Waals surface area contributed by atoms with Crippen molar-refractivity contribution in [1.29, 1.82) is 0 Å². The van der Waals surface area contributed by atoms with Crippen molar-refractivity contribution >= 4 is 16.0 Å². The van der Waals surface area contributed by atoms with E-state index in [0.717, 1.165) is 5.56 Å². The number of carboxylic acids is 1. The maximum absolute atomic E-state index is 12.8. The fraction of sp³-hybridized carbons (Fsp3) is 0.316. The second-order valence-corrected chi connectivity index (χ2v) is 8.30. The monoisotopic (exact) mass is 390 g/mol. The van der Waals surface area contributed by atoms with Crippen molar-refractivity contribution < 1.29 is 23.1 Å². The molecule has 0 amide bonds. The van der Waals surface area contributed by atoms with Gasteiger partial charge in [-0.3, -0.25) is 4.90 Å². The maximum Gasteiger partial charge on any atom is 0.335 e. The van der Waals surface area contributed by atoms with Crippen molar-refractivity contribution in [2.45, 2.75) is 11.4 Å². The topological polar surface area (TPSA) is 87.2 Å². The van der Waals surface area contributed by atoms with Crippen LogP contribution in [0.15, 0.2) is 53.4 Å². The van der Waals surface area contributed by atoms with E-state index in [2.05, 4.69) is 4.90 Å². The average molecular weight is 390 g/mol. The van der Waals surface area contributed by atoms with Crippen LogP contribution >= 0.6 is 0 Å². The molecule has 1 N–H and O–H groups in total. The van der Waals surface area contributed by atoms with Crippen LogP contribution in [0.4, 0.5) is 0 Å². The van der Waals surface area contributed by atoms with E-state index >= 15 is 0 Å². The van der Waals surface area contributed by atoms with Crippen molar-refractivity contribution in [2.75, 3.05) is 33.3 Å². The Morgan fingerprint density at radius 1 is 1.00 bits per heavy atom. The molecule has 144 valence electrons. The second-order valence-electron chi connectivity index (χ2n) is 6.36. The molecule has 1 fully saturated rings. The van der Waals surface area contributed by atoms with Gasteiger partial charge in [-0.1, -0.05) is 12.1 Å². The van der Waals surface area contributed by atoms with Crippen molar-refractivity contribution in [1.82, 2.24) is 9.21 Å². The van der Waals surface area contributed by atoms with Crippen LogP contribution in [0.5, 0.6) is 5.75 Å². The molecule has 0 bridgehead atoms. The number of hydrogen-bond donors (Lipinski definition) is 1. The highest BCUT2D eigenvalue weighted by molar-refractivity contribution is 7.89. The van der Waals surface area contributed by atoms with Crippen LogP contribution in [0.3, 0.4) is 0 Å². The molecule has 1 aliphatic heterocycles. The zero-order valence-corrected chi connectivity index (χ0v) is 15.9. The molecular weight excluding hydrogens is 368 g/mol. The van der Waals surface area contributed by atoms with Crippen LogP contribution in [-0.4, -0.2) is 62.0 Å². The maximum atomic E-state index is 12.8. The van der Waals surface area contributed by atoms with Gasteiger partial charge in [-0.05, 0) is 42.0 Å². The quantitative estimate of drug-likeness (QED) is 0.811. The molecule has 0 aliphatic carbocycles. The first-order valence-corrected chi connectivity index (χ1v) is 10.0.